The molecule has 0 spiro atoms. The molecular formula is C13H13F3N4O2. The van der Waals surface area contributed by atoms with Crippen LogP contribution >= 0.6 is 0 Å². The number of imide groups is 1. The summed E-state index contributed by atoms with van der Waals surface area (Å²) in [5.41, 5.74) is 1.75. The van der Waals surface area contributed by atoms with Crippen LogP contribution in [0.2, 0.25) is 0 Å². The fourth-order valence-corrected chi connectivity index (χ4v) is 1.88. The molecule has 1 aliphatic rings. The summed E-state index contributed by atoms with van der Waals surface area (Å²) in [7, 11) is 2.83. The van der Waals surface area contributed by atoms with E-state index in [1.807, 2.05) is 0 Å². The van der Waals surface area contributed by atoms with Crippen molar-refractivity contribution >= 4 is 23.5 Å². The molecule has 1 aliphatic heterocycles. The van der Waals surface area contributed by atoms with Gasteiger partial charge in [-0.1, -0.05) is 0 Å². The zero-order valence-electron chi connectivity index (χ0n) is 12.0. The molecule has 0 radical (unpaired) electrons. The summed E-state index contributed by atoms with van der Waals surface area (Å²) in [6.07, 6.45) is -3.42. The first-order valence-electron chi connectivity index (χ1n) is 6.20. The first kappa shape index (κ1) is 15.8. The molecule has 0 bridgehead atoms. The van der Waals surface area contributed by atoms with Crippen LogP contribution in [-0.2, 0) is 15.8 Å². The number of carbonyl (C=O) groups excluding carboxylic acids is 2. The van der Waals surface area contributed by atoms with Crippen molar-refractivity contribution in [3.05, 3.63) is 29.3 Å². The summed E-state index contributed by atoms with van der Waals surface area (Å²) in [5.74, 6) is -1.53. The molecular weight excluding hydrogens is 301 g/mol. The highest BCUT2D eigenvalue weighted by atomic mass is 19.4. The van der Waals surface area contributed by atoms with Crippen LogP contribution in [-0.4, -0.2) is 35.9 Å². The minimum Gasteiger partial charge on any atom is -0.362 e. The van der Waals surface area contributed by atoms with Crippen LogP contribution in [0.4, 0.5) is 24.8 Å². The standard InChI is InChI=1S/C13H13F3N4O2/c1-7-6-10(21)20(12(7)22)18-9-5-4-8(13(14,15)16)11(17-9)19(2)3/h4-6H,1-3H3,(H,17,18). The number of hydrogen-bond acceptors (Lipinski definition) is 5. The molecule has 6 nitrogen and oxygen atoms in total. The third-order valence-electron chi connectivity index (χ3n) is 2.93. The number of halogens is 3. The van der Waals surface area contributed by atoms with Crippen LogP contribution in [0.3, 0.4) is 0 Å². The second-order valence-corrected chi connectivity index (χ2v) is 4.88. The van der Waals surface area contributed by atoms with E-state index in [1.54, 1.807) is 0 Å². The summed E-state index contributed by atoms with van der Waals surface area (Å²) < 4.78 is 38.7. The number of hydrazine groups is 1. The van der Waals surface area contributed by atoms with Crippen LogP contribution in [0.15, 0.2) is 23.8 Å². The van der Waals surface area contributed by atoms with Crippen molar-refractivity contribution in [1.29, 1.82) is 0 Å². The molecule has 0 aromatic carbocycles. The molecule has 2 rings (SSSR count). The highest BCUT2D eigenvalue weighted by Gasteiger charge is 2.35. The van der Waals surface area contributed by atoms with Crippen molar-refractivity contribution < 1.29 is 22.8 Å². The lowest BCUT2D eigenvalue weighted by atomic mass is 10.2. The Morgan fingerprint density at radius 1 is 1.23 bits per heavy atom. The van der Waals surface area contributed by atoms with E-state index >= 15 is 0 Å². The van der Waals surface area contributed by atoms with Gasteiger partial charge in [-0.05, 0) is 19.1 Å². The SMILES string of the molecule is CC1=CC(=O)N(Nc2ccc(C(F)(F)F)c(N(C)C)n2)C1=O. The highest BCUT2D eigenvalue weighted by molar-refractivity contribution is 6.16. The molecule has 2 amide bonds. The predicted molar refractivity (Wildman–Crippen MR) is 72.8 cm³/mol. The highest BCUT2D eigenvalue weighted by Crippen LogP contribution is 2.35. The Labute approximate surface area is 124 Å². The second-order valence-electron chi connectivity index (χ2n) is 4.88. The third kappa shape index (κ3) is 2.87. The van der Waals surface area contributed by atoms with Crippen LogP contribution in [0.25, 0.3) is 0 Å². The van der Waals surface area contributed by atoms with Gasteiger partial charge in [-0.25, -0.2) is 4.98 Å². The fourth-order valence-electron chi connectivity index (χ4n) is 1.88. The minimum absolute atomic E-state index is 0.0403. The molecule has 0 unspecified atom stereocenters. The van der Waals surface area contributed by atoms with Crippen LogP contribution in [0.5, 0.6) is 0 Å². The number of hydrogen-bond donors (Lipinski definition) is 1. The number of nitrogens with zero attached hydrogens (tertiary/aromatic N) is 3. The molecule has 0 atom stereocenters. The van der Waals surface area contributed by atoms with E-state index in [4.69, 9.17) is 0 Å². The summed E-state index contributed by atoms with van der Waals surface area (Å²) >= 11 is 0. The van der Waals surface area contributed by atoms with E-state index < -0.39 is 23.6 Å². The molecule has 0 aliphatic carbocycles. The molecule has 118 valence electrons. The van der Waals surface area contributed by atoms with Crippen LogP contribution in [0.1, 0.15) is 12.5 Å². The number of nitrogens with one attached hydrogen (secondary N) is 1. The second kappa shape index (κ2) is 5.32. The Hall–Kier alpha value is -2.58. The Morgan fingerprint density at radius 2 is 1.86 bits per heavy atom. The van der Waals surface area contributed by atoms with E-state index in [1.165, 1.54) is 25.9 Å². The van der Waals surface area contributed by atoms with Gasteiger partial charge in [0.1, 0.15) is 11.6 Å². The van der Waals surface area contributed by atoms with E-state index in [0.29, 0.717) is 5.01 Å². The van der Waals surface area contributed by atoms with Gasteiger partial charge in [0, 0.05) is 25.7 Å². The zero-order chi connectivity index (χ0) is 16.7. The maximum Gasteiger partial charge on any atom is 0.419 e. The normalized spacial score (nSPS) is 15.2. The van der Waals surface area contributed by atoms with Gasteiger partial charge < -0.3 is 4.90 Å². The molecule has 22 heavy (non-hydrogen) atoms. The molecule has 9 heteroatoms. The fraction of sp³-hybridized carbons (Fsp3) is 0.308. The summed E-state index contributed by atoms with van der Waals surface area (Å²) in [6, 6.07) is 1.90. The smallest absolute Gasteiger partial charge is 0.362 e. The summed E-state index contributed by atoms with van der Waals surface area (Å²) in [4.78, 5) is 28.3. The van der Waals surface area contributed by atoms with Gasteiger partial charge in [0.15, 0.2) is 0 Å². The zero-order valence-corrected chi connectivity index (χ0v) is 12.0. The van der Waals surface area contributed by atoms with Gasteiger partial charge in [0.2, 0.25) is 0 Å². The lowest BCUT2D eigenvalue weighted by Gasteiger charge is -2.21. The topological polar surface area (TPSA) is 65.5 Å². The van der Waals surface area contributed by atoms with E-state index in [0.717, 1.165) is 18.2 Å². The molecule has 0 fully saturated rings. The Kier molecular flexibility index (Phi) is 3.82. The number of carbonyl (C=O) groups is 2. The van der Waals surface area contributed by atoms with E-state index in [9.17, 15) is 22.8 Å². The molecule has 0 saturated carbocycles. The average molecular weight is 314 g/mol. The molecule has 1 aromatic heterocycles. The minimum atomic E-state index is -4.55. The van der Waals surface area contributed by atoms with Gasteiger partial charge in [-0.3, -0.25) is 15.0 Å². The number of pyridine rings is 1. The van der Waals surface area contributed by atoms with Gasteiger partial charge in [-0.15, -0.1) is 0 Å². The summed E-state index contributed by atoms with van der Waals surface area (Å²) in [6.45, 7) is 1.47. The lowest BCUT2D eigenvalue weighted by Crippen LogP contribution is -2.36. The third-order valence-corrected chi connectivity index (χ3v) is 2.93. The number of alkyl halides is 3. The van der Waals surface area contributed by atoms with Gasteiger partial charge in [-0.2, -0.15) is 18.2 Å². The maximum absolute atomic E-state index is 12.9. The van der Waals surface area contributed by atoms with Crippen molar-refractivity contribution in [2.75, 3.05) is 24.4 Å². The predicted octanol–water partition coefficient (Wildman–Crippen LogP) is 1.81. The molecule has 2 heterocycles. The van der Waals surface area contributed by atoms with Gasteiger partial charge in [0.25, 0.3) is 11.8 Å². The summed E-state index contributed by atoms with van der Waals surface area (Å²) in [5, 5.41) is 0.699. The number of anilines is 2. The lowest BCUT2D eigenvalue weighted by molar-refractivity contribution is -0.138. The number of rotatable bonds is 3. The molecule has 1 aromatic rings. The first-order chi connectivity index (χ1) is 10.1. The quantitative estimate of drug-likeness (QED) is 0.862. The van der Waals surface area contributed by atoms with Gasteiger partial charge >= 0.3 is 6.18 Å². The Morgan fingerprint density at radius 3 is 2.32 bits per heavy atom. The van der Waals surface area contributed by atoms with Crippen LogP contribution < -0.4 is 10.3 Å². The molecule has 0 saturated heterocycles. The van der Waals surface area contributed by atoms with Crippen molar-refractivity contribution in [3.8, 4) is 0 Å². The van der Waals surface area contributed by atoms with E-state index in [-0.39, 0.29) is 17.2 Å². The molecule has 1 N–H and O–H groups in total. The average Bonchev–Trinajstić information content (AvgIpc) is 2.64. The van der Waals surface area contributed by atoms with E-state index in [2.05, 4.69) is 10.4 Å². The maximum atomic E-state index is 12.9. The van der Waals surface area contributed by atoms with Crippen molar-refractivity contribution in [2.24, 2.45) is 0 Å². The number of amides is 2. The van der Waals surface area contributed by atoms with Crippen molar-refractivity contribution in [3.63, 3.8) is 0 Å². The number of aromatic nitrogens is 1. The van der Waals surface area contributed by atoms with Crippen molar-refractivity contribution in [2.45, 2.75) is 13.1 Å². The van der Waals surface area contributed by atoms with Gasteiger partial charge in [0.05, 0.1) is 5.56 Å². The Bertz CT molecular complexity index is 668. The monoisotopic (exact) mass is 314 g/mol. The largest absolute Gasteiger partial charge is 0.419 e. The Balaban J connectivity index is 2.33. The van der Waals surface area contributed by atoms with Crippen molar-refractivity contribution in [1.82, 2.24) is 9.99 Å². The first-order valence-corrected chi connectivity index (χ1v) is 6.20. The van der Waals surface area contributed by atoms with Crippen LogP contribution in [0, 0.1) is 0 Å².